The molecule has 2 nitrogen and oxygen atoms in total. The van der Waals surface area contributed by atoms with E-state index in [0.717, 1.165) is 30.2 Å². The largest absolute Gasteiger partial charge is 0.368 e. The van der Waals surface area contributed by atoms with Crippen molar-refractivity contribution in [1.82, 2.24) is 5.32 Å². The molecule has 2 fully saturated rings. The lowest BCUT2D eigenvalue weighted by atomic mass is 10.1. The molecule has 2 saturated carbocycles. The monoisotopic (exact) mass is 292 g/mol. The molecule has 110 valence electrons. The van der Waals surface area contributed by atoms with Gasteiger partial charge in [-0.1, -0.05) is 31.5 Å². The average molecular weight is 293 g/mol. The fraction of sp³-hybridized carbons (Fsp3) is 0.647. The second-order valence-corrected chi connectivity index (χ2v) is 7.14. The summed E-state index contributed by atoms with van der Waals surface area (Å²) in [5.74, 6) is 0.679. The van der Waals surface area contributed by atoms with Crippen LogP contribution in [-0.4, -0.2) is 18.6 Å². The Bertz CT molecular complexity index is 464. The van der Waals surface area contributed by atoms with E-state index in [1.807, 2.05) is 6.07 Å². The second-order valence-electron chi connectivity index (χ2n) is 6.71. The van der Waals surface area contributed by atoms with Crippen molar-refractivity contribution in [2.75, 3.05) is 11.4 Å². The summed E-state index contributed by atoms with van der Waals surface area (Å²) in [7, 11) is 0. The van der Waals surface area contributed by atoms with Crippen LogP contribution in [0.15, 0.2) is 18.2 Å². The molecule has 0 aromatic heterocycles. The molecule has 0 atom stereocenters. The van der Waals surface area contributed by atoms with Gasteiger partial charge in [-0.25, -0.2) is 0 Å². The van der Waals surface area contributed by atoms with Gasteiger partial charge in [-0.3, -0.25) is 0 Å². The zero-order chi connectivity index (χ0) is 14.1. The third kappa shape index (κ3) is 3.67. The van der Waals surface area contributed by atoms with Crippen molar-refractivity contribution in [3.63, 3.8) is 0 Å². The van der Waals surface area contributed by atoms with Crippen LogP contribution < -0.4 is 10.2 Å². The summed E-state index contributed by atoms with van der Waals surface area (Å²) in [5.41, 5.74) is 2.75. The van der Waals surface area contributed by atoms with E-state index in [-0.39, 0.29) is 0 Å². The Morgan fingerprint density at radius 1 is 1.25 bits per heavy atom. The number of hydrogen-bond acceptors (Lipinski definition) is 2. The smallest absolute Gasteiger partial charge is 0.0429 e. The van der Waals surface area contributed by atoms with Gasteiger partial charge >= 0.3 is 0 Å². The number of benzene rings is 1. The Morgan fingerprint density at radius 2 is 2.00 bits per heavy atom. The fourth-order valence-corrected chi connectivity index (χ4v) is 2.89. The van der Waals surface area contributed by atoms with Gasteiger partial charge in [0.05, 0.1) is 0 Å². The molecule has 1 aromatic carbocycles. The van der Waals surface area contributed by atoms with Crippen LogP contribution in [0, 0.1) is 5.92 Å². The van der Waals surface area contributed by atoms with Gasteiger partial charge in [-0.2, -0.15) is 0 Å². The second kappa shape index (κ2) is 5.95. The molecule has 3 rings (SSSR count). The topological polar surface area (TPSA) is 15.3 Å². The Hall–Kier alpha value is -0.730. The summed E-state index contributed by atoms with van der Waals surface area (Å²) in [5, 5.41) is 4.48. The maximum atomic E-state index is 6.25. The normalized spacial score (nSPS) is 18.6. The zero-order valence-electron chi connectivity index (χ0n) is 12.5. The molecule has 0 saturated heterocycles. The van der Waals surface area contributed by atoms with Crippen molar-refractivity contribution in [3.05, 3.63) is 28.8 Å². The molecular weight excluding hydrogens is 268 g/mol. The van der Waals surface area contributed by atoms with E-state index >= 15 is 0 Å². The van der Waals surface area contributed by atoms with E-state index in [4.69, 9.17) is 11.6 Å². The third-order valence-corrected chi connectivity index (χ3v) is 4.30. The van der Waals surface area contributed by atoms with E-state index in [2.05, 4.69) is 36.2 Å². The molecule has 0 radical (unpaired) electrons. The van der Waals surface area contributed by atoms with Crippen LogP contribution in [0.1, 0.15) is 45.1 Å². The number of nitrogens with zero attached hydrogens (tertiary/aromatic N) is 1. The van der Waals surface area contributed by atoms with Crippen molar-refractivity contribution in [3.8, 4) is 0 Å². The van der Waals surface area contributed by atoms with Crippen LogP contribution >= 0.6 is 11.6 Å². The fourth-order valence-electron chi connectivity index (χ4n) is 2.72. The molecular formula is C17H25ClN2. The SMILES string of the molecule is CC(C)CN(c1cc(Cl)ccc1CNC1CC1)C1CC1. The number of anilines is 1. The van der Waals surface area contributed by atoms with Crippen molar-refractivity contribution in [2.24, 2.45) is 5.92 Å². The highest BCUT2D eigenvalue weighted by molar-refractivity contribution is 6.30. The Morgan fingerprint density at radius 3 is 2.60 bits per heavy atom. The van der Waals surface area contributed by atoms with Crippen molar-refractivity contribution in [2.45, 2.75) is 58.2 Å². The van der Waals surface area contributed by atoms with Gasteiger partial charge in [0.15, 0.2) is 0 Å². The van der Waals surface area contributed by atoms with Crippen LogP contribution in [0.2, 0.25) is 5.02 Å². The van der Waals surface area contributed by atoms with E-state index in [1.54, 1.807) is 0 Å². The maximum Gasteiger partial charge on any atom is 0.0429 e. The Balaban J connectivity index is 1.81. The first kappa shape index (κ1) is 14.2. The van der Waals surface area contributed by atoms with Crippen LogP contribution in [0.25, 0.3) is 0 Å². The summed E-state index contributed by atoms with van der Waals surface area (Å²) in [6.45, 7) is 6.68. The highest BCUT2D eigenvalue weighted by Crippen LogP contribution is 2.36. The van der Waals surface area contributed by atoms with Crippen LogP contribution in [0.4, 0.5) is 5.69 Å². The summed E-state index contributed by atoms with van der Waals surface area (Å²) >= 11 is 6.25. The van der Waals surface area contributed by atoms with Gasteiger partial charge < -0.3 is 10.2 Å². The lowest BCUT2D eigenvalue weighted by Crippen LogP contribution is -2.31. The first-order valence-electron chi connectivity index (χ1n) is 7.92. The minimum atomic E-state index is 0.679. The molecule has 2 aliphatic rings. The van der Waals surface area contributed by atoms with Crippen molar-refractivity contribution in [1.29, 1.82) is 0 Å². The highest BCUT2D eigenvalue weighted by atomic mass is 35.5. The van der Waals surface area contributed by atoms with Gasteiger partial charge in [0.25, 0.3) is 0 Å². The van der Waals surface area contributed by atoms with E-state index in [9.17, 15) is 0 Å². The van der Waals surface area contributed by atoms with E-state index in [1.165, 1.54) is 36.9 Å². The van der Waals surface area contributed by atoms with Gasteiger partial charge in [-0.15, -0.1) is 0 Å². The first-order chi connectivity index (χ1) is 9.63. The predicted octanol–water partition coefficient (Wildman–Crippen LogP) is 4.22. The molecule has 20 heavy (non-hydrogen) atoms. The predicted molar refractivity (Wildman–Crippen MR) is 86.5 cm³/mol. The van der Waals surface area contributed by atoms with Gasteiger partial charge in [0, 0.05) is 35.9 Å². The maximum absolute atomic E-state index is 6.25. The molecule has 0 bridgehead atoms. The van der Waals surface area contributed by atoms with Gasteiger partial charge in [0.2, 0.25) is 0 Å². The minimum absolute atomic E-state index is 0.679. The van der Waals surface area contributed by atoms with Gasteiger partial charge in [-0.05, 0) is 49.3 Å². The lowest BCUT2D eigenvalue weighted by Gasteiger charge is -2.29. The number of halogens is 1. The summed E-state index contributed by atoms with van der Waals surface area (Å²) in [6.07, 6.45) is 5.33. The summed E-state index contributed by atoms with van der Waals surface area (Å²) < 4.78 is 0. The standard InChI is InChI=1S/C17H25ClN2/c1-12(2)11-20(16-7-8-16)17-9-14(18)4-3-13(17)10-19-15-5-6-15/h3-4,9,12,15-16,19H,5-8,10-11H2,1-2H3. The molecule has 3 heteroatoms. The van der Waals surface area contributed by atoms with E-state index < -0.39 is 0 Å². The quantitative estimate of drug-likeness (QED) is 0.809. The molecule has 2 aliphatic carbocycles. The van der Waals surface area contributed by atoms with Crippen molar-refractivity contribution < 1.29 is 0 Å². The third-order valence-electron chi connectivity index (χ3n) is 4.06. The number of rotatable bonds is 7. The molecule has 1 N–H and O–H groups in total. The lowest BCUT2D eigenvalue weighted by molar-refractivity contribution is 0.602. The Labute approximate surface area is 127 Å². The minimum Gasteiger partial charge on any atom is -0.368 e. The number of nitrogens with one attached hydrogen (secondary N) is 1. The number of hydrogen-bond donors (Lipinski definition) is 1. The summed E-state index contributed by atoms with van der Waals surface area (Å²) in [6, 6.07) is 7.86. The van der Waals surface area contributed by atoms with Crippen LogP contribution in [0.3, 0.4) is 0 Å². The first-order valence-corrected chi connectivity index (χ1v) is 8.29. The molecule has 0 unspecified atom stereocenters. The molecule has 0 spiro atoms. The molecule has 0 amide bonds. The van der Waals surface area contributed by atoms with Crippen molar-refractivity contribution >= 4 is 17.3 Å². The van der Waals surface area contributed by atoms with Crippen LogP contribution in [-0.2, 0) is 6.54 Å². The highest BCUT2D eigenvalue weighted by Gasteiger charge is 2.31. The van der Waals surface area contributed by atoms with E-state index in [0.29, 0.717) is 5.92 Å². The molecule has 0 aliphatic heterocycles. The molecule has 1 aromatic rings. The molecule has 0 heterocycles. The Kier molecular flexibility index (Phi) is 4.23. The summed E-state index contributed by atoms with van der Waals surface area (Å²) in [4.78, 5) is 2.58. The van der Waals surface area contributed by atoms with Crippen LogP contribution in [0.5, 0.6) is 0 Å². The van der Waals surface area contributed by atoms with Gasteiger partial charge in [0.1, 0.15) is 0 Å². The zero-order valence-corrected chi connectivity index (χ0v) is 13.3. The average Bonchev–Trinajstić information content (AvgIpc) is 3.27.